The van der Waals surface area contributed by atoms with Crippen molar-refractivity contribution < 1.29 is 14.6 Å². The van der Waals surface area contributed by atoms with Gasteiger partial charge in [0, 0.05) is 32.3 Å². The largest absolute Gasteiger partial charge is 0.465 e. The van der Waals surface area contributed by atoms with E-state index in [4.69, 9.17) is 9.84 Å². The van der Waals surface area contributed by atoms with Gasteiger partial charge in [0.25, 0.3) is 0 Å². The predicted molar refractivity (Wildman–Crippen MR) is 59.5 cm³/mol. The lowest BCUT2D eigenvalue weighted by molar-refractivity contribution is 0.125. The highest BCUT2D eigenvalue weighted by Gasteiger charge is 2.24. The van der Waals surface area contributed by atoms with Gasteiger partial charge in [0.2, 0.25) is 0 Å². The zero-order chi connectivity index (χ0) is 11.4. The van der Waals surface area contributed by atoms with Crippen molar-refractivity contribution in [3.63, 3.8) is 0 Å². The molecular weight excluding hydrogens is 208 g/mol. The topological polar surface area (TPSA) is 61.8 Å². The molecule has 2 aliphatic heterocycles. The van der Waals surface area contributed by atoms with Gasteiger partial charge in [-0.05, 0) is 25.2 Å². The maximum Gasteiger partial charge on any atom is 0.407 e. The maximum absolute atomic E-state index is 10.8. The smallest absolute Gasteiger partial charge is 0.407 e. The summed E-state index contributed by atoms with van der Waals surface area (Å²) in [5.41, 5.74) is 0. The van der Waals surface area contributed by atoms with Crippen LogP contribution in [0, 0.1) is 5.92 Å². The second-order valence-electron chi connectivity index (χ2n) is 4.71. The second kappa shape index (κ2) is 5.50. The number of hydrogen-bond acceptors (Lipinski definition) is 3. The van der Waals surface area contributed by atoms with Crippen molar-refractivity contribution in [1.29, 1.82) is 0 Å². The molecule has 0 saturated carbocycles. The van der Waals surface area contributed by atoms with Gasteiger partial charge < -0.3 is 20.1 Å². The zero-order valence-corrected chi connectivity index (χ0v) is 9.52. The summed E-state index contributed by atoms with van der Waals surface area (Å²) in [6.07, 6.45) is 2.38. The number of nitrogens with one attached hydrogen (secondary N) is 1. The molecule has 0 aliphatic carbocycles. The van der Waals surface area contributed by atoms with E-state index in [0.29, 0.717) is 25.0 Å². The van der Waals surface area contributed by atoms with Gasteiger partial charge in [0.05, 0.1) is 6.61 Å². The van der Waals surface area contributed by atoms with Crippen molar-refractivity contribution in [2.24, 2.45) is 5.92 Å². The van der Waals surface area contributed by atoms with E-state index in [9.17, 15) is 4.79 Å². The van der Waals surface area contributed by atoms with E-state index < -0.39 is 6.09 Å². The number of nitrogens with zero attached hydrogens (tertiary/aromatic N) is 1. The number of ether oxygens (including phenoxy) is 1. The Hall–Kier alpha value is -0.810. The fraction of sp³-hybridized carbons (Fsp3) is 0.909. The number of rotatable bonds is 3. The fourth-order valence-corrected chi connectivity index (χ4v) is 2.40. The van der Waals surface area contributed by atoms with E-state index in [2.05, 4.69) is 5.32 Å². The Morgan fingerprint density at radius 2 is 2.38 bits per heavy atom. The van der Waals surface area contributed by atoms with Crippen LogP contribution in [0.3, 0.4) is 0 Å². The van der Waals surface area contributed by atoms with Crippen molar-refractivity contribution in [2.45, 2.75) is 25.3 Å². The normalized spacial score (nSPS) is 30.6. The molecule has 5 heteroatoms. The minimum Gasteiger partial charge on any atom is -0.465 e. The van der Waals surface area contributed by atoms with Gasteiger partial charge in [-0.15, -0.1) is 0 Å². The number of amides is 1. The average molecular weight is 228 g/mol. The van der Waals surface area contributed by atoms with Gasteiger partial charge in [-0.25, -0.2) is 4.79 Å². The summed E-state index contributed by atoms with van der Waals surface area (Å²) in [5.74, 6) is 0.611. The minimum atomic E-state index is -0.796. The average Bonchev–Trinajstić information content (AvgIpc) is 2.79. The van der Waals surface area contributed by atoms with Crippen LogP contribution in [0.15, 0.2) is 0 Å². The Morgan fingerprint density at radius 1 is 1.50 bits per heavy atom. The zero-order valence-electron chi connectivity index (χ0n) is 9.52. The van der Waals surface area contributed by atoms with Crippen LogP contribution >= 0.6 is 0 Å². The first-order valence-electron chi connectivity index (χ1n) is 6.04. The van der Waals surface area contributed by atoms with Crippen LogP contribution in [-0.2, 0) is 4.74 Å². The van der Waals surface area contributed by atoms with E-state index >= 15 is 0 Å². The standard InChI is InChI=1S/C11H20N2O3/c14-11(15)13-4-1-2-10(7-13)12-6-9-3-5-16-8-9/h9-10,12H,1-8H2,(H,14,15)/t9?,10-/m0/s1. The molecule has 0 aromatic carbocycles. The van der Waals surface area contributed by atoms with Crippen molar-refractivity contribution >= 4 is 6.09 Å². The Labute approximate surface area is 95.8 Å². The van der Waals surface area contributed by atoms with Gasteiger partial charge in [-0.1, -0.05) is 0 Å². The number of likely N-dealkylation sites (tertiary alicyclic amines) is 1. The number of piperidine rings is 1. The summed E-state index contributed by atoms with van der Waals surface area (Å²) in [5, 5.41) is 12.4. The predicted octanol–water partition coefficient (Wildman–Crippen LogP) is 0.755. The van der Waals surface area contributed by atoms with Crippen LogP contribution in [0.2, 0.25) is 0 Å². The van der Waals surface area contributed by atoms with E-state index in [1.165, 1.54) is 4.90 Å². The molecular formula is C11H20N2O3. The molecule has 2 saturated heterocycles. The molecule has 1 amide bonds. The Bertz CT molecular complexity index is 241. The molecule has 0 aromatic heterocycles. The van der Waals surface area contributed by atoms with Crippen LogP contribution in [0.1, 0.15) is 19.3 Å². The molecule has 0 aromatic rings. The third-order valence-electron chi connectivity index (χ3n) is 3.41. The molecule has 2 rings (SSSR count). The summed E-state index contributed by atoms with van der Waals surface area (Å²) in [7, 11) is 0. The Morgan fingerprint density at radius 3 is 3.06 bits per heavy atom. The first-order valence-corrected chi connectivity index (χ1v) is 6.04. The molecule has 5 nitrogen and oxygen atoms in total. The second-order valence-corrected chi connectivity index (χ2v) is 4.71. The lowest BCUT2D eigenvalue weighted by Crippen LogP contribution is -2.48. The fourth-order valence-electron chi connectivity index (χ4n) is 2.40. The monoisotopic (exact) mass is 228 g/mol. The van der Waals surface area contributed by atoms with Gasteiger partial charge >= 0.3 is 6.09 Å². The van der Waals surface area contributed by atoms with Crippen molar-refractivity contribution in [2.75, 3.05) is 32.8 Å². The summed E-state index contributed by atoms with van der Waals surface area (Å²) in [4.78, 5) is 12.3. The number of carbonyl (C=O) groups is 1. The summed E-state index contributed by atoms with van der Waals surface area (Å²) in [6, 6.07) is 0.324. The lowest BCUT2D eigenvalue weighted by atomic mass is 10.0. The molecule has 2 heterocycles. The molecule has 1 unspecified atom stereocenters. The summed E-state index contributed by atoms with van der Waals surface area (Å²) in [6.45, 7) is 3.99. The van der Waals surface area contributed by atoms with E-state index in [-0.39, 0.29) is 0 Å². The quantitative estimate of drug-likeness (QED) is 0.748. The van der Waals surface area contributed by atoms with Crippen LogP contribution in [0.25, 0.3) is 0 Å². The molecule has 16 heavy (non-hydrogen) atoms. The SMILES string of the molecule is O=C(O)N1CCC[C@H](NCC2CCOC2)C1. The van der Waals surface area contributed by atoms with E-state index in [1.807, 2.05) is 0 Å². The lowest BCUT2D eigenvalue weighted by Gasteiger charge is -2.31. The van der Waals surface area contributed by atoms with Crippen LogP contribution in [-0.4, -0.2) is 55.0 Å². The van der Waals surface area contributed by atoms with Crippen LogP contribution < -0.4 is 5.32 Å². The third kappa shape index (κ3) is 3.09. The molecule has 2 fully saturated rings. The first-order chi connectivity index (χ1) is 7.75. The van der Waals surface area contributed by atoms with Crippen molar-refractivity contribution in [3.8, 4) is 0 Å². The van der Waals surface area contributed by atoms with E-state index in [1.54, 1.807) is 0 Å². The van der Waals surface area contributed by atoms with E-state index in [0.717, 1.165) is 39.0 Å². The molecule has 0 spiro atoms. The highest BCUT2D eigenvalue weighted by Crippen LogP contribution is 2.14. The highest BCUT2D eigenvalue weighted by atomic mass is 16.5. The van der Waals surface area contributed by atoms with Gasteiger partial charge in [-0.2, -0.15) is 0 Å². The highest BCUT2D eigenvalue weighted by molar-refractivity contribution is 5.65. The summed E-state index contributed by atoms with van der Waals surface area (Å²) < 4.78 is 5.31. The maximum atomic E-state index is 10.8. The molecule has 0 bridgehead atoms. The minimum absolute atomic E-state index is 0.324. The number of hydrogen-bond donors (Lipinski definition) is 2. The van der Waals surface area contributed by atoms with Crippen molar-refractivity contribution in [1.82, 2.24) is 10.2 Å². The third-order valence-corrected chi connectivity index (χ3v) is 3.41. The Kier molecular flexibility index (Phi) is 4.01. The molecule has 0 radical (unpaired) electrons. The molecule has 2 atom stereocenters. The van der Waals surface area contributed by atoms with Crippen LogP contribution in [0.5, 0.6) is 0 Å². The molecule has 2 N–H and O–H groups in total. The van der Waals surface area contributed by atoms with Gasteiger partial charge in [0.1, 0.15) is 0 Å². The summed E-state index contributed by atoms with van der Waals surface area (Å²) >= 11 is 0. The van der Waals surface area contributed by atoms with Crippen LogP contribution in [0.4, 0.5) is 4.79 Å². The molecule has 2 aliphatic rings. The first kappa shape index (κ1) is 11.7. The van der Waals surface area contributed by atoms with Gasteiger partial charge in [0.15, 0.2) is 0 Å². The Balaban J connectivity index is 1.70. The molecule has 92 valence electrons. The number of carboxylic acid groups (broad SMARTS) is 1. The van der Waals surface area contributed by atoms with Crippen molar-refractivity contribution in [3.05, 3.63) is 0 Å². The van der Waals surface area contributed by atoms with Gasteiger partial charge in [-0.3, -0.25) is 0 Å².